The van der Waals surface area contributed by atoms with Crippen LogP contribution in [0.15, 0.2) is 76.4 Å². The van der Waals surface area contributed by atoms with E-state index < -0.39 is 23.3 Å². The monoisotopic (exact) mass is 671 g/mol. The van der Waals surface area contributed by atoms with Crippen molar-refractivity contribution in [2.75, 3.05) is 6.61 Å². The van der Waals surface area contributed by atoms with Gasteiger partial charge >= 0.3 is 6.18 Å². The van der Waals surface area contributed by atoms with E-state index in [-0.39, 0.29) is 42.7 Å². The van der Waals surface area contributed by atoms with Crippen molar-refractivity contribution in [3.8, 4) is 10.6 Å². The number of ketones is 1. The molecule has 5 rings (SSSR count). The van der Waals surface area contributed by atoms with Crippen molar-refractivity contribution in [1.82, 2.24) is 4.98 Å². The summed E-state index contributed by atoms with van der Waals surface area (Å²) < 4.78 is 73.2. The maximum Gasteiger partial charge on any atom is 0.419 e. The number of halogens is 4. The Hall–Kier alpha value is -3.18. The van der Waals surface area contributed by atoms with Gasteiger partial charge < -0.3 is 14.2 Å². The third-order valence-corrected chi connectivity index (χ3v) is 9.80. The summed E-state index contributed by atoms with van der Waals surface area (Å²) in [6.45, 7) is 12.3. The van der Waals surface area contributed by atoms with Crippen molar-refractivity contribution >= 4 is 17.1 Å². The molecule has 1 spiro atoms. The van der Waals surface area contributed by atoms with Crippen LogP contribution in [0.4, 0.5) is 17.6 Å². The molecule has 47 heavy (non-hydrogen) atoms. The first-order valence-corrected chi connectivity index (χ1v) is 16.6. The van der Waals surface area contributed by atoms with Gasteiger partial charge in [-0.05, 0) is 108 Å². The van der Waals surface area contributed by atoms with E-state index in [1.54, 1.807) is 13.8 Å². The van der Waals surface area contributed by atoms with E-state index in [1.807, 2.05) is 18.2 Å². The molecule has 0 fully saturated rings. The van der Waals surface area contributed by atoms with Crippen molar-refractivity contribution in [3.63, 3.8) is 0 Å². The summed E-state index contributed by atoms with van der Waals surface area (Å²) in [5.74, 6) is -2.60. The average molecular weight is 672 g/mol. The van der Waals surface area contributed by atoms with Gasteiger partial charge in [-0.25, -0.2) is 9.37 Å². The highest BCUT2D eigenvalue weighted by Gasteiger charge is 2.45. The Kier molecular flexibility index (Phi) is 10.6. The Labute approximate surface area is 277 Å². The molecule has 0 saturated carbocycles. The molecule has 1 unspecified atom stereocenters. The van der Waals surface area contributed by atoms with Gasteiger partial charge in [0, 0.05) is 17.9 Å². The zero-order chi connectivity index (χ0) is 34.1. The van der Waals surface area contributed by atoms with E-state index in [1.165, 1.54) is 28.5 Å². The highest BCUT2D eigenvalue weighted by atomic mass is 32.1. The Morgan fingerprint density at radius 3 is 2.60 bits per heavy atom. The lowest BCUT2D eigenvalue weighted by molar-refractivity contribution is -0.225. The molecule has 2 aliphatic heterocycles. The van der Waals surface area contributed by atoms with Gasteiger partial charge in [0.05, 0.1) is 41.6 Å². The molecule has 10 heteroatoms. The Balaban J connectivity index is 1.36. The molecule has 3 heterocycles. The number of hydrogen-bond donors (Lipinski definition) is 0. The van der Waals surface area contributed by atoms with E-state index in [0.717, 1.165) is 47.4 Å². The number of nitrogens with zero attached hydrogens (tertiary/aromatic N) is 1. The molecule has 3 aliphatic rings. The number of rotatable bonds is 9. The second kappa shape index (κ2) is 14.1. The SMILES string of the molecule is CC(C)=CCC/C(C)=C/[C@@H]1CC(C)=C[C@]2(C=C(COCc3sc(-c4ccc(F)c(C(F)(F)F)c4)nc3C)C3CC(=O)C(C)=C[C@H]3O2)O1. The smallest absolute Gasteiger partial charge is 0.372 e. The van der Waals surface area contributed by atoms with Crippen LogP contribution in [0.2, 0.25) is 0 Å². The van der Waals surface area contributed by atoms with Gasteiger partial charge in [-0.1, -0.05) is 28.9 Å². The lowest BCUT2D eigenvalue weighted by Crippen LogP contribution is -2.49. The number of thiazole rings is 1. The number of alkyl halides is 3. The highest BCUT2D eigenvalue weighted by Crippen LogP contribution is 2.43. The summed E-state index contributed by atoms with van der Waals surface area (Å²) in [5.41, 5.74) is 4.71. The Morgan fingerprint density at radius 1 is 1.11 bits per heavy atom. The number of aryl methyl sites for hydroxylation is 1. The molecule has 1 aromatic carbocycles. The molecule has 252 valence electrons. The maximum absolute atomic E-state index is 13.9. The van der Waals surface area contributed by atoms with Crippen LogP contribution in [0.1, 0.15) is 76.4 Å². The fourth-order valence-electron chi connectivity index (χ4n) is 6.23. The normalized spacial score (nSPS) is 24.9. The lowest BCUT2D eigenvalue weighted by atomic mass is 9.79. The lowest BCUT2D eigenvalue weighted by Gasteiger charge is -2.45. The molecule has 0 radical (unpaired) electrons. The van der Waals surface area contributed by atoms with Crippen molar-refractivity contribution in [2.45, 2.75) is 98.0 Å². The summed E-state index contributed by atoms with van der Waals surface area (Å²) in [4.78, 5) is 17.9. The number of fused-ring (bicyclic) bond motifs is 1. The van der Waals surface area contributed by atoms with Crippen LogP contribution in [-0.4, -0.2) is 35.4 Å². The van der Waals surface area contributed by atoms with E-state index >= 15 is 0 Å². The largest absolute Gasteiger partial charge is 0.419 e. The third-order valence-electron chi connectivity index (χ3n) is 8.62. The Morgan fingerprint density at radius 2 is 1.87 bits per heavy atom. The summed E-state index contributed by atoms with van der Waals surface area (Å²) in [6, 6.07) is 2.89. The van der Waals surface area contributed by atoms with E-state index in [0.29, 0.717) is 22.7 Å². The number of benzene rings is 1. The van der Waals surface area contributed by atoms with Crippen LogP contribution >= 0.6 is 11.3 Å². The number of hydrogen-bond acceptors (Lipinski definition) is 6. The average Bonchev–Trinajstić information content (AvgIpc) is 3.33. The molecule has 2 aromatic rings. The van der Waals surface area contributed by atoms with Gasteiger partial charge in [0.25, 0.3) is 0 Å². The van der Waals surface area contributed by atoms with E-state index in [9.17, 15) is 22.4 Å². The van der Waals surface area contributed by atoms with Gasteiger partial charge in [0.15, 0.2) is 5.78 Å². The predicted octanol–water partition coefficient (Wildman–Crippen LogP) is 9.78. The number of aromatic nitrogens is 1. The minimum absolute atomic E-state index is 0.0567. The summed E-state index contributed by atoms with van der Waals surface area (Å²) in [5, 5.41) is 0.348. The van der Waals surface area contributed by atoms with Crippen molar-refractivity contribution in [3.05, 3.63) is 98.4 Å². The topological polar surface area (TPSA) is 57.7 Å². The first kappa shape index (κ1) is 35.1. The fourth-order valence-corrected chi connectivity index (χ4v) is 7.22. The molecule has 0 bridgehead atoms. The quantitative estimate of drug-likeness (QED) is 0.196. The van der Waals surface area contributed by atoms with Gasteiger partial charge in [0.2, 0.25) is 5.79 Å². The van der Waals surface area contributed by atoms with Crippen molar-refractivity contribution in [1.29, 1.82) is 0 Å². The van der Waals surface area contributed by atoms with E-state index in [4.69, 9.17) is 14.2 Å². The van der Waals surface area contributed by atoms with Gasteiger partial charge in [-0.15, -0.1) is 11.3 Å². The summed E-state index contributed by atoms with van der Waals surface area (Å²) >= 11 is 1.20. The fraction of sp³-hybridized carbons (Fsp3) is 0.459. The molecule has 0 amide bonds. The Bertz CT molecular complexity index is 1680. The maximum atomic E-state index is 13.9. The van der Waals surface area contributed by atoms with Crippen LogP contribution in [0.3, 0.4) is 0 Å². The van der Waals surface area contributed by atoms with Crippen LogP contribution in [0.25, 0.3) is 10.6 Å². The summed E-state index contributed by atoms with van der Waals surface area (Å²) in [7, 11) is 0. The molecular weight excluding hydrogens is 630 g/mol. The number of ether oxygens (including phenoxy) is 3. The highest BCUT2D eigenvalue weighted by molar-refractivity contribution is 7.15. The second-order valence-electron chi connectivity index (χ2n) is 13.0. The molecule has 4 atom stereocenters. The van der Waals surface area contributed by atoms with Crippen LogP contribution < -0.4 is 0 Å². The minimum Gasteiger partial charge on any atom is -0.372 e. The first-order valence-electron chi connectivity index (χ1n) is 15.8. The number of allylic oxidation sites excluding steroid dienone is 4. The van der Waals surface area contributed by atoms with Gasteiger partial charge in [-0.3, -0.25) is 4.79 Å². The van der Waals surface area contributed by atoms with Crippen molar-refractivity contribution in [2.24, 2.45) is 5.92 Å². The van der Waals surface area contributed by atoms with E-state index in [2.05, 4.69) is 44.8 Å². The first-order chi connectivity index (χ1) is 22.1. The molecule has 5 nitrogen and oxygen atoms in total. The van der Waals surface area contributed by atoms with Crippen LogP contribution in [0.5, 0.6) is 0 Å². The van der Waals surface area contributed by atoms with Gasteiger partial charge in [-0.2, -0.15) is 13.2 Å². The standard InChI is InChI=1S/C37H41F4NO4S/c1-21(2)8-7-9-22(3)12-28-13-23(4)17-36(45-28)18-27(29-16-32(43)24(5)14-33(29)46-36)19-44-20-34-25(6)42-35(47-34)26-10-11-31(38)30(15-26)37(39,40)41/h8,10-12,14-15,17-18,28-29,33H,7,9,13,16,19-20H2,1-6H3/b22-12+/t28-,29?,33-,36+/m1/s1. The van der Waals surface area contributed by atoms with Crippen LogP contribution in [-0.2, 0) is 31.8 Å². The number of carbonyl (C=O) groups excluding carboxylic acids is 1. The zero-order valence-electron chi connectivity index (χ0n) is 27.6. The molecule has 1 aromatic heterocycles. The number of Topliss-reactive ketones (excluding diaryl/α,β-unsaturated/α-hetero) is 1. The second-order valence-corrected chi connectivity index (χ2v) is 14.1. The van der Waals surface area contributed by atoms with Crippen molar-refractivity contribution < 1.29 is 36.6 Å². The predicted molar refractivity (Wildman–Crippen MR) is 175 cm³/mol. The minimum atomic E-state index is -4.81. The molecule has 0 saturated heterocycles. The molecule has 0 N–H and O–H groups in total. The van der Waals surface area contributed by atoms with Crippen LogP contribution in [0, 0.1) is 18.7 Å². The van der Waals surface area contributed by atoms with Gasteiger partial charge in [0.1, 0.15) is 10.8 Å². The zero-order valence-corrected chi connectivity index (χ0v) is 28.4. The third kappa shape index (κ3) is 8.46. The molecular formula is C37H41F4NO4S. The molecule has 1 aliphatic carbocycles. The number of carbonyl (C=O) groups is 1. The summed E-state index contributed by atoms with van der Waals surface area (Å²) in [6.07, 6.45) is 7.81.